The van der Waals surface area contributed by atoms with E-state index in [0.29, 0.717) is 6.61 Å². The molecule has 1 heterocycles. The first kappa shape index (κ1) is 16.8. The first-order valence-electron chi connectivity index (χ1n) is 7.83. The number of benzene rings is 1. The molecule has 0 aromatic heterocycles. The van der Waals surface area contributed by atoms with Gasteiger partial charge in [0.2, 0.25) is 0 Å². The van der Waals surface area contributed by atoms with Crippen molar-refractivity contribution in [3.05, 3.63) is 29.8 Å². The zero-order chi connectivity index (χ0) is 17.2. The third-order valence-electron chi connectivity index (χ3n) is 4.15. The number of ether oxygens (including phenoxy) is 2. The summed E-state index contributed by atoms with van der Waals surface area (Å²) in [5.74, 6) is -4.11. The Morgan fingerprint density at radius 2 is 1.96 bits per heavy atom. The number of rotatable bonds is 3. The third-order valence-corrected chi connectivity index (χ3v) is 4.15. The van der Waals surface area contributed by atoms with Gasteiger partial charge in [0.25, 0.3) is 0 Å². The van der Waals surface area contributed by atoms with Gasteiger partial charge in [-0.25, -0.2) is 8.78 Å². The zero-order valence-electron chi connectivity index (χ0n) is 12.9. The van der Waals surface area contributed by atoms with Crippen LogP contribution in [0.15, 0.2) is 18.2 Å². The van der Waals surface area contributed by atoms with E-state index in [1.807, 2.05) is 5.32 Å². The highest BCUT2D eigenvalue weighted by atomic mass is 19.1. The number of halogens is 2. The fourth-order valence-corrected chi connectivity index (χ4v) is 2.95. The van der Waals surface area contributed by atoms with Gasteiger partial charge in [-0.2, -0.15) is 0 Å². The molecule has 24 heavy (non-hydrogen) atoms. The Balaban J connectivity index is 1.48. The number of carbonyl (C=O) groups excluding carboxylic acids is 2. The molecule has 2 N–H and O–H groups in total. The Kier molecular flexibility index (Phi) is 4.77. The molecule has 1 aliphatic heterocycles. The average molecular weight is 340 g/mol. The maximum absolute atomic E-state index is 13.4. The predicted molar refractivity (Wildman–Crippen MR) is 80.0 cm³/mol. The Morgan fingerprint density at radius 1 is 1.21 bits per heavy atom. The standard InChI is InChI=1S/C16H18F2N2O4/c17-10-3-4-12(18)13(7-10)20-15(22)14(21)19-8-11-9-23-16(24-11)5-1-2-6-16/h3-4,7,11H,1-2,5-6,8-9H2,(H,19,21)(H,20,22)/t11-/m0/s1. The first-order valence-corrected chi connectivity index (χ1v) is 7.83. The molecule has 0 radical (unpaired) electrons. The van der Waals surface area contributed by atoms with Crippen LogP contribution in [0.2, 0.25) is 0 Å². The molecule has 0 bridgehead atoms. The summed E-state index contributed by atoms with van der Waals surface area (Å²) in [6.07, 6.45) is 3.42. The summed E-state index contributed by atoms with van der Waals surface area (Å²) >= 11 is 0. The molecular formula is C16H18F2N2O4. The number of anilines is 1. The normalized spacial score (nSPS) is 21.8. The number of amides is 2. The van der Waals surface area contributed by atoms with Crippen LogP contribution >= 0.6 is 0 Å². The van der Waals surface area contributed by atoms with Gasteiger partial charge in [-0.05, 0) is 25.0 Å². The van der Waals surface area contributed by atoms with Crippen molar-refractivity contribution in [1.29, 1.82) is 0 Å². The molecule has 1 atom stereocenters. The van der Waals surface area contributed by atoms with E-state index in [4.69, 9.17) is 9.47 Å². The maximum Gasteiger partial charge on any atom is 0.313 e. The fraction of sp³-hybridized carbons (Fsp3) is 0.500. The molecule has 1 aliphatic carbocycles. The van der Waals surface area contributed by atoms with Crippen molar-refractivity contribution in [2.24, 2.45) is 0 Å². The largest absolute Gasteiger partial charge is 0.347 e. The van der Waals surface area contributed by atoms with Crippen molar-refractivity contribution in [3.63, 3.8) is 0 Å². The molecule has 2 amide bonds. The van der Waals surface area contributed by atoms with Crippen LogP contribution in [0.25, 0.3) is 0 Å². The van der Waals surface area contributed by atoms with Gasteiger partial charge in [0, 0.05) is 25.5 Å². The zero-order valence-corrected chi connectivity index (χ0v) is 12.9. The molecule has 1 saturated carbocycles. The van der Waals surface area contributed by atoms with Gasteiger partial charge in [-0.15, -0.1) is 0 Å². The molecule has 3 rings (SSSR count). The lowest BCUT2D eigenvalue weighted by atomic mass is 10.2. The van der Waals surface area contributed by atoms with Crippen LogP contribution in [0.4, 0.5) is 14.5 Å². The average Bonchev–Trinajstić information content (AvgIpc) is 3.18. The summed E-state index contributed by atoms with van der Waals surface area (Å²) in [4.78, 5) is 23.5. The second-order valence-corrected chi connectivity index (χ2v) is 5.96. The van der Waals surface area contributed by atoms with E-state index in [2.05, 4.69) is 5.32 Å². The summed E-state index contributed by atoms with van der Waals surface area (Å²) in [6.45, 7) is 0.458. The van der Waals surface area contributed by atoms with E-state index >= 15 is 0 Å². The lowest BCUT2D eigenvalue weighted by Gasteiger charge is -2.21. The Bertz CT molecular complexity index is 647. The minimum Gasteiger partial charge on any atom is -0.347 e. The molecular weight excluding hydrogens is 322 g/mol. The summed E-state index contributed by atoms with van der Waals surface area (Å²) in [7, 11) is 0. The highest BCUT2D eigenvalue weighted by molar-refractivity contribution is 6.39. The predicted octanol–water partition coefficient (Wildman–Crippen LogP) is 1.71. The number of carbonyl (C=O) groups is 2. The number of hydrogen-bond donors (Lipinski definition) is 2. The first-order chi connectivity index (χ1) is 11.5. The molecule has 6 nitrogen and oxygen atoms in total. The van der Waals surface area contributed by atoms with Crippen LogP contribution in [-0.4, -0.2) is 36.9 Å². The summed E-state index contributed by atoms with van der Waals surface area (Å²) < 4.78 is 38.0. The van der Waals surface area contributed by atoms with Crippen LogP contribution < -0.4 is 10.6 Å². The van der Waals surface area contributed by atoms with E-state index < -0.39 is 29.2 Å². The number of nitrogens with one attached hydrogen (secondary N) is 2. The van der Waals surface area contributed by atoms with Gasteiger partial charge in [0.15, 0.2) is 5.79 Å². The van der Waals surface area contributed by atoms with Gasteiger partial charge in [-0.3, -0.25) is 9.59 Å². The Hall–Kier alpha value is -2.06. The third kappa shape index (κ3) is 3.70. The van der Waals surface area contributed by atoms with Crippen LogP contribution in [0.3, 0.4) is 0 Å². The van der Waals surface area contributed by atoms with Gasteiger partial charge in [0.05, 0.1) is 12.3 Å². The summed E-state index contributed by atoms with van der Waals surface area (Å²) in [5.41, 5.74) is -0.388. The highest BCUT2D eigenvalue weighted by Crippen LogP contribution is 2.38. The molecule has 2 aliphatic rings. The van der Waals surface area contributed by atoms with E-state index in [1.165, 1.54) is 0 Å². The van der Waals surface area contributed by atoms with Gasteiger partial charge >= 0.3 is 11.8 Å². The van der Waals surface area contributed by atoms with Crippen LogP contribution in [0, 0.1) is 11.6 Å². The molecule has 130 valence electrons. The highest BCUT2D eigenvalue weighted by Gasteiger charge is 2.43. The van der Waals surface area contributed by atoms with Crippen molar-refractivity contribution >= 4 is 17.5 Å². The second-order valence-electron chi connectivity index (χ2n) is 5.96. The van der Waals surface area contributed by atoms with E-state index in [-0.39, 0.29) is 18.3 Å². The number of hydrogen-bond acceptors (Lipinski definition) is 4. The lowest BCUT2D eigenvalue weighted by molar-refractivity contribution is -0.161. The van der Waals surface area contributed by atoms with Gasteiger partial charge < -0.3 is 20.1 Å². The van der Waals surface area contributed by atoms with Crippen LogP contribution in [0.5, 0.6) is 0 Å². The Morgan fingerprint density at radius 3 is 2.71 bits per heavy atom. The molecule has 1 saturated heterocycles. The second kappa shape index (κ2) is 6.82. The maximum atomic E-state index is 13.4. The van der Waals surface area contributed by atoms with Crippen LogP contribution in [-0.2, 0) is 19.1 Å². The SMILES string of the molecule is O=C(NC[C@H]1COC2(CCCC2)O1)C(=O)Nc1cc(F)ccc1F. The van der Waals surface area contributed by atoms with Gasteiger partial charge in [-0.1, -0.05) is 0 Å². The van der Waals surface area contributed by atoms with Crippen molar-refractivity contribution in [2.45, 2.75) is 37.6 Å². The molecule has 1 spiro atoms. The Labute approximate surface area is 137 Å². The minimum atomic E-state index is -1.08. The van der Waals surface area contributed by atoms with Gasteiger partial charge in [0.1, 0.15) is 17.7 Å². The summed E-state index contributed by atoms with van der Waals surface area (Å²) in [6, 6.07) is 2.59. The molecule has 2 fully saturated rings. The lowest BCUT2D eigenvalue weighted by Crippen LogP contribution is -2.40. The van der Waals surface area contributed by atoms with Crippen molar-refractivity contribution in [2.75, 3.05) is 18.5 Å². The van der Waals surface area contributed by atoms with Crippen LogP contribution in [0.1, 0.15) is 25.7 Å². The van der Waals surface area contributed by atoms with E-state index in [1.54, 1.807) is 0 Å². The molecule has 1 aromatic carbocycles. The smallest absolute Gasteiger partial charge is 0.313 e. The molecule has 8 heteroatoms. The monoisotopic (exact) mass is 340 g/mol. The fourth-order valence-electron chi connectivity index (χ4n) is 2.95. The van der Waals surface area contributed by atoms with Crippen molar-refractivity contribution in [3.8, 4) is 0 Å². The minimum absolute atomic E-state index is 0.111. The quantitative estimate of drug-likeness (QED) is 0.821. The van der Waals surface area contributed by atoms with E-state index in [9.17, 15) is 18.4 Å². The van der Waals surface area contributed by atoms with Crippen molar-refractivity contribution < 1.29 is 27.8 Å². The topological polar surface area (TPSA) is 76.7 Å². The van der Waals surface area contributed by atoms with E-state index in [0.717, 1.165) is 43.9 Å². The molecule has 0 unspecified atom stereocenters. The summed E-state index contributed by atoms with van der Waals surface area (Å²) in [5, 5.41) is 4.45. The van der Waals surface area contributed by atoms with Crippen molar-refractivity contribution in [1.82, 2.24) is 5.32 Å². The molecule has 1 aromatic rings.